The van der Waals surface area contributed by atoms with Gasteiger partial charge in [0.15, 0.2) is 11.5 Å². The minimum absolute atomic E-state index is 0.149. The van der Waals surface area contributed by atoms with Crippen LogP contribution in [0.25, 0.3) is 16.8 Å². The van der Waals surface area contributed by atoms with Crippen LogP contribution in [0.3, 0.4) is 0 Å². The number of ether oxygens (including phenoxy) is 2. The summed E-state index contributed by atoms with van der Waals surface area (Å²) in [7, 11) is 0. The largest absolute Gasteiger partial charge is 0.454 e. The Balaban J connectivity index is 1.22. The molecular formula is C24H18N2O4S2. The van der Waals surface area contributed by atoms with Gasteiger partial charge in [0.2, 0.25) is 12.7 Å². The highest BCUT2D eigenvalue weighted by Gasteiger charge is 2.32. The van der Waals surface area contributed by atoms with Gasteiger partial charge in [-0.05, 0) is 46.7 Å². The number of anilines is 1. The number of carbonyl (C=O) groups excluding carboxylic acids is 2. The minimum atomic E-state index is -0.198. The molecule has 8 heteroatoms. The third-order valence-corrected chi connectivity index (χ3v) is 6.54. The van der Waals surface area contributed by atoms with E-state index in [0.717, 1.165) is 22.0 Å². The molecule has 0 aliphatic carbocycles. The van der Waals surface area contributed by atoms with Crippen molar-refractivity contribution in [3.63, 3.8) is 0 Å². The molecule has 5 rings (SSSR count). The van der Waals surface area contributed by atoms with E-state index in [4.69, 9.17) is 21.7 Å². The van der Waals surface area contributed by atoms with Gasteiger partial charge >= 0.3 is 0 Å². The van der Waals surface area contributed by atoms with Crippen molar-refractivity contribution < 1.29 is 19.1 Å². The van der Waals surface area contributed by atoms with Crippen molar-refractivity contribution in [3.05, 3.63) is 71.1 Å². The zero-order chi connectivity index (χ0) is 22.1. The van der Waals surface area contributed by atoms with Gasteiger partial charge in [-0.15, -0.1) is 0 Å². The Bertz CT molecular complexity index is 1290. The third-order valence-electron chi connectivity index (χ3n) is 5.16. The lowest BCUT2D eigenvalue weighted by molar-refractivity contribution is -0.122. The molecule has 160 valence electrons. The van der Waals surface area contributed by atoms with Crippen LogP contribution >= 0.6 is 24.0 Å². The fourth-order valence-electron chi connectivity index (χ4n) is 3.55. The van der Waals surface area contributed by atoms with E-state index in [9.17, 15) is 9.59 Å². The zero-order valence-electron chi connectivity index (χ0n) is 16.9. The first-order valence-electron chi connectivity index (χ1n) is 10.0. The monoisotopic (exact) mass is 462 g/mol. The second-order valence-corrected chi connectivity index (χ2v) is 8.98. The van der Waals surface area contributed by atoms with E-state index in [-0.39, 0.29) is 31.6 Å². The summed E-state index contributed by atoms with van der Waals surface area (Å²) in [6.45, 7) is 0.421. The van der Waals surface area contributed by atoms with E-state index < -0.39 is 0 Å². The van der Waals surface area contributed by atoms with Crippen LogP contribution in [0.1, 0.15) is 12.0 Å². The Morgan fingerprint density at radius 3 is 2.75 bits per heavy atom. The fourth-order valence-corrected chi connectivity index (χ4v) is 4.86. The highest BCUT2D eigenvalue weighted by Crippen LogP contribution is 2.36. The summed E-state index contributed by atoms with van der Waals surface area (Å²) in [6, 6.07) is 19.2. The smallest absolute Gasteiger partial charge is 0.266 e. The standard InChI is InChI=1S/C24H18N2O4S2/c27-22(25-18-7-6-16-3-1-2-4-17(16)13-18)9-10-26-23(28)21(32-24(26)31)12-15-5-8-19-20(11-15)30-14-29-19/h1-8,11-13H,9-10,14H2,(H,25,27)/b21-12-. The molecule has 0 unspecified atom stereocenters. The minimum Gasteiger partial charge on any atom is -0.454 e. The van der Waals surface area contributed by atoms with Crippen molar-refractivity contribution in [2.24, 2.45) is 0 Å². The number of amides is 2. The van der Waals surface area contributed by atoms with Gasteiger partial charge in [-0.25, -0.2) is 0 Å². The topological polar surface area (TPSA) is 67.9 Å². The molecular weight excluding hydrogens is 444 g/mol. The van der Waals surface area contributed by atoms with Gasteiger partial charge in [-0.1, -0.05) is 60.4 Å². The molecule has 2 amide bonds. The molecule has 3 aromatic rings. The van der Waals surface area contributed by atoms with Crippen LogP contribution < -0.4 is 14.8 Å². The Kier molecular flexibility index (Phi) is 5.55. The van der Waals surface area contributed by atoms with Crippen molar-refractivity contribution in [2.45, 2.75) is 6.42 Å². The average molecular weight is 463 g/mol. The quantitative estimate of drug-likeness (QED) is 0.434. The molecule has 1 fully saturated rings. The number of benzene rings is 3. The SMILES string of the molecule is O=C(CCN1C(=O)/C(=C/c2ccc3c(c2)OCO3)SC1=S)Nc1ccc2ccccc2c1. The lowest BCUT2D eigenvalue weighted by atomic mass is 10.1. The van der Waals surface area contributed by atoms with Gasteiger partial charge in [-0.3, -0.25) is 14.5 Å². The maximum atomic E-state index is 12.8. The van der Waals surface area contributed by atoms with Gasteiger partial charge in [0.1, 0.15) is 4.32 Å². The van der Waals surface area contributed by atoms with E-state index >= 15 is 0 Å². The fraction of sp³-hybridized carbons (Fsp3) is 0.125. The average Bonchev–Trinajstić information content (AvgIpc) is 3.36. The van der Waals surface area contributed by atoms with Crippen LogP contribution in [0.2, 0.25) is 0 Å². The van der Waals surface area contributed by atoms with Crippen molar-refractivity contribution in [1.29, 1.82) is 0 Å². The molecule has 32 heavy (non-hydrogen) atoms. The van der Waals surface area contributed by atoms with E-state index in [0.29, 0.717) is 20.7 Å². The summed E-state index contributed by atoms with van der Waals surface area (Å²) in [5, 5.41) is 5.06. The van der Waals surface area contributed by atoms with Crippen molar-refractivity contribution >= 4 is 62.7 Å². The molecule has 0 spiro atoms. The lowest BCUT2D eigenvalue weighted by Gasteiger charge is -2.14. The number of nitrogens with zero attached hydrogens (tertiary/aromatic N) is 1. The summed E-state index contributed by atoms with van der Waals surface area (Å²) >= 11 is 6.61. The molecule has 0 saturated carbocycles. The molecule has 0 bridgehead atoms. The van der Waals surface area contributed by atoms with Gasteiger partial charge in [0, 0.05) is 18.7 Å². The van der Waals surface area contributed by atoms with E-state index in [1.54, 1.807) is 6.08 Å². The molecule has 0 atom stereocenters. The summed E-state index contributed by atoms with van der Waals surface area (Å²) in [4.78, 5) is 27.3. The van der Waals surface area contributed by atoms with Crippen molar-refractivity contribution in [3.8, 4) is 11.5 Å². The van der Waals surface area contributed by atoms with Crippen LogP contribution in [0.5, 0.6) is 11.5 Å². The summed E-state index contributed by atoms with van der Waals surface area (Å²) < 4.78 is 11.1. The lowest BCUT2D eigenvalue weighted by Crippen LogP contribution is -2.31. The first-order chi connectivity index (χ1) is 15.6. The molecule has 0 aromatic heterocycles. The van der Waals surface area contributed by atoms with Crippen molar-refractivity contribution in [1.82, 2.24) is 4.90 Å². The molecule has 1 N–H and O–H groups in total. The predicted octanol–water partition coefficient (Wildman–Crippen LogP) is 4.80. The highest BCUT2D eigenvalue weighted by molar-refractivity contribution is 8.26. The number of fused-ring (bicyclic) bond motifs is 2. The Morgan fingerprint density at radius 1 is 1.06 bits per heavy atom. The van der Waals surface area contributed by atoms with Crippen LogP contribution in [-0.2, 0) is 9.59 Å². The second kappa shape index (κ2) is 8.64. The number of nitrogens with one attached hydrogen (secondary N) is 1. The van der Waals surface area contributed by atoms with E-state index in [1.165, 1.54) is 16.7 Å². The predicted molar refractivity (Wildman–Crippen MR) is 130 cm³/mol. The number of thiocarbonyl (C=S) groups is 1. The number of carbonyl (C=O) groups is 2. The Morgan fingerprint density at radius 2 is 1.88 bits per heavy atom. The number of thioether (sulfide) groups is 1. The first kappa shape index (κ1) is 20.5. The van der Waals surface area contributed by atoms with Gasteiger partial charge in [0.25, 0.3) is 5.91 Å². The summed E-state index contributed by atoms with van der Waals surface area (Å²) in [6.07, 6.45) is 1.92. The normalized spacial score (nSPS) is 16.2. The molecule has 2 aliphatic rings. The third kappa shape index (κ3) is 4.19. The van der Waals surface area contributed by atoms with E-state index in [1.807, 2.05) is 60.7 Å². The maximum absolute atomic E-state index is 12.8. The van der Waals surface area contributed by atoms with Gasteiger partial charge < -0.3 is 14.8 Å². The van der Waals surface area contributed by atoms with Crippen LogP contribution in [-0.4, -0.2) is 34.4 Å². The van der Waals surface area contributed by atoms with Gasteiger partial charge in [0.05, 0.1) is 4.91 Å². The van der Waals surface area contributed by atoms with Crippen LogP contribution in [0.4, 0.5) is 5.69 Å². The Hall–Kier alpha value is -3.36. The Labute approximate surface area is 194 Å². The number of rotatable bonds is 5. The molecule has 3 aromatic carbocycles. The molecule has 1 saturated heterocycles. The zero-order valence-corrected chi connectivity index (χ0v) is 18.5. The molecule has 2 aliphatic heterocycles. The van der Waals surface area contributed by atoms with E-state index in [2.05, 4.69) is 5.32 Å². The van der Waals surface area contributed by atoms with Crippen molar-refractivity contribution in [2.75, 3.05) is 18.7 Å². The van der Waals surface area contributed by atoms with Crippen LogP contribution in [0.15, 0.2) is 65.6 Å². The highest BCUT2D eigenvalue weighted by atomic mass is 32.2. The van der Waals surface area contributed by atoms with Gasteiger partial charge in [-0.2, -0.15) is 0 Å². The molecule has 2 heterocycles. The first-order valence-corrected chi connectivity index (χ1v) is 11.2. The molecule has 6 nitrogen and oxygen atoms in total. The second-order valence-electron chi connectivity index (χ2n) is 7.31. The number of hydrogen-bond donors (Lipinski definition) is 1. The summed E-state index contributed by atoms with van der Waals surface area (Å²) in [5.41, 5.74) is 1.55. The van der Waals surface area contributed by atoms with Crippen LogP contribution in [0, 0.1) is 0 Å². The number of hydrogen-bond acceptors (Lipinski definition) is 6. The maximum Gasteiger partial charge on any atom is 0.266 e. The summed E-state index contributed by atoms with van der Waals surface area (Å²) in [5.74, 6) is 0.969. The molecule has 0 radical (unpaired) electrons.